The van der Waals surface area contributed by atoms with Gasteiger partial charge in [-0.05, 0) is 68.5 Å². The molecule has 1 N–H and O–H groups in total. The molecule has 0 aliphatic heterocycles. The van der Waals surface area contributed by atoms with Crippen molar-refractivity contribution in [1.82, 2.24) is 0 Å². The fourth-order valence-electron chi connectivity index (χ4n) is 1.83. The zero-order valence-electron chi connectivity index (χ0n) is 9.98. The highest BCUT2D eigenvalue weighted by atomic mass is 79.9. The zero-order valence-corrected chi connectivity index (χ0v) is 14.0. The van der Waals surface area contributed by atoms with Crippen LogP contribution < -0.4 is 4.74 Å². The summed E-state index contributed by atoms with van der Waals surface area (Å²) in [6.07, 6.45) is 2.09. The number of hydrogen-bond donors (Lipinski definition) is 1. The smallest absolute Gasteiger partial charge is 0.119 e. The van der Waals surface area contributed by atoms with Crippen LogP contribution >= 0.6 is 43.2 Å². The molecule has 1 aromatic heterocycles. The molecule has 0 spiro atoms. The first-order chi connectivity index (χ1) is 9.13. The molecular weight excluding hydrogens is 392 g/mol. The Kier molecular flexibility index (Phi) is 3.98. The third-order valence-electron chi connectivity index (χ3n) is 3.00. The molecule has 0 saturated heterocycles. The lowest BCUT2D eigenvalue weighted by molar-refractivity contribution is 0.220. The fourth-order valence-corrected chi connectivity index (χ4v) is 4.71. The van der Waals surface area contributed by atoms with Gasteiger partial charge in [-0.3, -0.25) is 0 Å². The summed E-state index contributed by atoms with van der Waals surface area (Å²) < 4.78 is 7.65. The van der Waals surface area contributed by atoms with Crippen molar-refractivity contribution in [3.63, 3.8) is 0 Å². The maximum Gasteiger partial charge on any atom is 0.119 e. The Morgan fingerprint density at radius 3 is 2.42 bits per heavy atom. The summed E-state index contributed by atoms with van der Waals surface area (Å²) in [5.74, 6) is 0.879. The topological polar surface area (TPSA) is 29.5 Å². The first-order valence-corrected chi connectivity index (χ1v) is 8.43. The molecule has 3 rings (SSSR count). The van der Waals surface area contributed by atoms with Gasteiger partial charge in [0.25, 0.3) is 0 Å². The highest BCUT2D eigenvalue weighted by Crippen LogP contribution is 2.38. The molecule has 1 heterocycles. The van der Waals surface area contributed by atoms with E-state index in [1.165, 1.54) is 0 Å². The summed E-state index contributed by atoms with van der Waals surface area (Å²) in [4.78, 5) is 0. The standard InChI is InChI=1S/C14H12Br2O2S/c15-12-7-11(14(16)19-12)13(17)8-1-3-9(4-2-8)18-10-5-6-10/h1-4,7,10,13,17H,5-6H2. The summed E-state index contributed by atoms with van der Waals surface area (Å²) in [5.41, 5.74) is 1.75. The Balaban J connectivity index is 1.78. The molecule has 1 aliphatic carbocycles. The molecule has 0 bridgehead atoms. The molecule has 1 fully saturated rings. The molecule has 100 valence electrons. The van der Waals surface area contributed by atoms with E-state index in [-0.39, 0.29) is 0 Å². The average molecular weight is 404 g/mol. The second-order valence-corrected chi connectivity index (χ2v) is 8.32. The predicted molar refractivity (Wildman–Crippen MR) is 83.9 cm³/mol. The summed E-state index contributed by atoms with van der Waals surface area (Å²) in [6, 6.07) is 9.62. The van der Waals surface area contributed by atoms with Crippen LogP contribution in [0.25, 0.3) is 0 Å². The van der Waals surface area contributed by atoms with Gasteiger partial charge in [0.2, 0.25) is 0 Å². The summed E-state index contributed by atoms with van der Waals surface area (Å²) in [5, 5.41) is 10.4. The van der Waals surface area contributed by atoms with Crippen molar-refractivity contribution in [2.45, 2.75) is 25.0 Å². The molecular formula is C14H12Br2O2S. The number of benzene rings is 1. The number of thiophene rings is 1. The van der Waals surface area contributed by atoms with E-state index in [2.05, 4.69) is 31.9 Å². The van der Waals surface area contributed by atoms with E-state index in [1.807, 2.05) is 30.3 Å². The largest absolute Gasteiger partial charge is 0.490 e. The minimum absolute atomic E-state index is 0.401. The number of aliphatic hydroxyl groups excluding tert-OH is 1. The molecule has 5 heteroatoms. The minimum atomic E-state index is -0.619. The maximum atomic E-state index is 10.4. The molecule has 2 nitrogen and oxygen atoms in total. The van der Waals surface area contributed by atoms with Gasteiger partial charge in [0, 0.05) is 5.56 Å². The second-order valence-electron chi connectivity index (χ2n) is 4.57. The van der Waals surface area contributed by atoms with E-state index < -0.39 is 6.10 Å². The Bertz CT molecular complexity index is 576. The summed E-state index contributed by atoms with van der Waals surface area (Å²) >= 11 is 8.46. The Hall–Kier alpha value is -0.360. The predicted octanol–water partition coefficient (Wildman–Crippen LogP) is 4.90. The molecule has 19 heavy (non-hydrogen) atoms. The monoisotopic (exact) mass is 402 g/mol. The van der Waals surface area contributed by atoms with Crippen LogP contribution in [0.1, 0.15) is 30.1 Å². The Morgan fingerprint density at radius 1 is 1.21 bits per heavy atom. The van der Waals surface area contributed by atoms with Crippen molar-refractivity contribution < 1.29 is 9.84 Å². The van der Waals surface area contributed by atoms with Gasteiger partial charge in [0.15, 0.2) is 0 Å². The minimum Gasteiger partial charge on any atom is -0.490 e. The number of aliphatic hydroxyl groups is 1. The van der Waals surface area contributed by atoms with Crippen LogP contribution in [0.4, 0.5) is 0 Å². The van der Waals surface area contributed by atoms with Crippen molar-refractivity contribution in [3.05, 3.63) is 49.0 Å². The maximum absolute atomic E-state index is 10.4. The molecule has 1 unspecified atom stereocenters. The van der Waals surface area contributed by atoms with Crippen LogP contribution in [-0.2, 0) is 0 Å². The highest BCUT2D eigenvalue weighted by Gasteiger charge is 2.23. The summed E-state index contributed by atoms with van der Waals surface area (Å²) in [6.45, 7) is 0. The van der Waals surface area contributed by atoms with Crippen molar-refractivity contribution in [3.8, 4) is 5.75 Å². The number of rotatable bonds is 4. The van der Waals surface area contributed by atoms with Gasteiger partial charge in [-0.15, -0.1) is 11.3 Å². The van der Waals surface area contributed by atoms with Gasteiger partial charge in [-0.2, -0.15) is 0 Å². The van der Waals surface area contributed by atoms with E-state index in [0.717, 1.165) is 37.3 Å². The first kappa shape index (κ1) is 13.6. The van der Waals surface area contributed by atoms with E-state index >= 15 is 0 Å². The highest BCUT2D eigenvalue weighted by molar-refractivity contribution is 9.12. The molecule has 2 aromatic rings. The Labute approximate surface area is 132 Å². The fraction of sp³-hybridized carbons (Fsp3) is 0.286. The van der Waals surface area contributed by atoms with Gasteiger partial charge in [0.1, 0.15) is 11.9 Å². The SMILES string of the molecule is OC(c1ccc(OC2CC2)cc1)c1cc(Br)sc1Br. The van der Waals surface area contributed by atoms with E-state index in [9.17, 15) is 5.11 Å². The van der Waals surface area contributed by atoms with Crippen molar-refractivity contribution in [2.75, 3.05) is 0 Å². The van der Waals surface area contributed by atoms with Gasteiger partial charge in [-0.25, -0.2) is 0 Å². The molecule has 1 atom stereocenters. The number of halogens is 2. The lowest BCUT2D eigenvalue weighted by Gasteiger charge is -2.11. The molecule has 1 aromatic carbocycles. The van der Waals surface area contributed by atoms with Crippen molar-refractivity contribution in [1.29, 1.82) is 0 Å². The lowest BCUT2D eigenvalue weighted by atomic mass is 10.0. The zero-order chi connectivity index (χ0) is 13.4. The van der Waals surface area contributed by atoms with Crippen LogP contribution in [0.2, 0.25) is 0 Å². The molecule has 1 saturated carbocycles. The molecule has 0 radical (unpaired) electrons. The summed E-state index contributed by atoms with van der Waals surface area (Å²) in [7, 11) is 0. The first-order valence-electron chi connectivity index (χ1n) is 6.03. The van der Waals surface area contributed by atoms with Gasteiger partial charge in [0.05, 0.1) is 13.7 Å². The molecule has 1 aliphatic rings. The van der Waals surface area contributed by atoms with Crippen LogP contribution in [0.5, 0.6) is 5.75 Å². The third-order valence-corrected chi connectivity index (χ3v) is 5.39. The van der Waals surface area contributed by atoms with E-state index in [4.69, 9.17) is 4.74 Å². The molecule has 0 amide bonds. The van der Waals surface area contributed by atoms with Gasteiger partial charge < -0.3 is 9.84 Å². The number of ether oxygens (including phenoxy) is 1. The van der Waals surface area contributed by atoms with Crippen molar-refractivity contribution in [2.24, 2.45) is 0 Å². The van der Waals surface area contributed by atoms with Crippen LogP contribution in [0.3, 0.4) is 0 Å². The van der Waals surface area contributed by atoms with Crippen LogP contribution in [-0.4, -0.2) is 11.2 Å². The lowest BCUT2D eigenvalue weighted by Crippen LogP contribution is -2.00. The average Bonchev–Trinajstić information content (AvgIpc) is 3.13. The van der Waals surface area contributed by atoms with Crippen LogP contribution in [0.15, 0.2) is 37.9 Å². The number of hydrogen-bond acceptors (Lipinski definition) is 3. The normalized spacial score (nSPS) is 16.4. The second kappa shape index (κ2) is 5.56. The quantitative estimate of drug-likeness (QED) is 0.786. The third kappa shape index (κ3) is 3.21. The van der Waals surface area contributed by atoms with Gasteiger partial charge in [-0.1, -0.05) is 12.1 Å². The van der Waals surface area contributed by atoms with E-state index in [0.29, 0.717) is 6.10 Å². The van der Waals surface area contributed by atoms with Crippen molar-refractivity contribution >= 4 is 43.2 Å². The Morgan fingerprint density at radius 2 is 1.89 bits per heavy atom. The van der Waals surface area contributed by atoms with Gasteiger partial charge >= 0.3 is 0 Å². The van der Waals surface area contributed by atoms with E-state index in [1.54, 1.807) is 11.3 Å². The van der Waals surface area contributed by atoms with Crippen LogP contribution in [0, 0.1) is 0 Å².